The van der Waals surface area contributed by atoms with E-state index in [0.29, 0.717) is 23.3 Å². The molecular weight excluding hydrogens is 386 g/mol. The fourth-order valence-electron chi connectivity index (χ4n) is 3.28. The van der Waals surface area contributed by atoms with Gasteiger partial charge in [0, 0.05) is 25.6 Å². The largest absolute Gasteiger partial charge is 0.322 e. The lowest BCUT2D eigenvalue weighted by Crippen LogP contribution is -2.27. The molecule has 0 radical (unpaired) electrons. The summed E-state index contributed by atoms with van der Waals surface area (Å²) in [6.45, 7) is 0.312. The third-order valence-corrected chi connectivity index (χ3v) is 4.69. The predicted octanol–water partition coefficient (Wildman–Crippen LogP) is 0.661. The van der Waals surface area contributed by atoms with Crippen LogP contribution in [0.3, 0.4) is 0 Å². The Hall–Kier alpha value is -4.28. The van der Waals surface area contributed by atoms with E-state index in [1.807, 2.05) is 35.0 Å². The molecule has 11 heteroatoms. The molecule has 1 N–H and O–H groups in total. The molecule has 0 unspecified atom stereocenters. The minimum absolute atomic E-state index is 0.158. The molecule has 0 atom stereocenters. The molecule has 5 rings (SSSR count). The quantitative estimate of drug-likeness (QED) is 0.461. The molecule has 30 heavy (non-hydrogen) atoms. The molecule has 11 nitrogen and oxygen atoms in total. The molecule has 0 aliphatic rings. The highest BCUT2D eigenvalue weighted by Gasteiger charge is 2.12. The van der Waals surface area contributed by atoms with Crippen molar-refractivity contribution in [2.24, 2.45) is 7.05 Å². The van der Waals surface area contributed by atoms with Crippen LogP contribution in [-0.2, 0) is 24.9 Å². The summed E-state index contributed by atoms with van der Waals surface area (Å²) in [5, 5.41) is 11.4. The number of anilines is 1. The van der Waals surface area contributed by atoms with Crippen LogP contribution >= 0.6 is 0 Å². The lowest BCUT2D eigenvalue weighted by molar-refractivity contribution is -0.116. The number of aryl methyl sites for hydroxylation is 1. The maximum atomic E-state index is 12.5. The van der Waals surface area contributed by atoms with E-state index >= 15 is 0 Å². The summed E-state index contributed by atoms with van der Waals surface area (Å²) in [5.74, 6) is -0.352. The van der Waals surface area contributed by atoms with E-state index in [9.17, 15) is 9.59 Å². The number of rotatable bonds is 5. The number of nitrogens with one attached hydrogen (secondary N) is 1. The molecule has 0 aromatic carbocycles. The Labute approximate surface area is 169 Å². The van der Waals surface area contributed by atoms with E-state index in [2.05, 4.69) is 25.5 Å². The molecule has 0 bridgehead atoms. The van der Waals surface area contributed by atoms with Gasteiger partial charge in [-0.1, -0.05) is 6.07 Å². The first-order valence-electron chi connectivity index (χ1n) is 9.19. The number of hydrogen-bond donors (Lipinski definition) is 1. The number of carbonyl (C=O) groups excluding carboxylic acids is 1. The summed E-state index contributed by atoms with van der Waals surface area (Å²) in [4.78, 5) is 33.6. The van der Waals surface area contributed by atoms with Crippen LogP contribution in [0, 0.1) is 0 Å². The third-order valence-electron chi connectivity index (χ3n) is 4.69. The van der Waals surface area contributed by atoms with Gasteiger partial charge in [0.25, 0.3) is 5.56 Å². The van der Waals surface area contributed by atoms with Crippen LogP contribution in [0.5, 0.6) is 0 Å². The Bertz CT molecular complexity index is 1410. The monoisotopic (exact) mass is 403 g/mol. The van der Waals surface area contributed by atoms with Crippen LogP contribution in [0.4, 0.5) is 5.69 Å². The van der Waals surface area contributed by atoms with E-state index < -0.39 is 0 Å². The molecule has 0 fully saturated rings. The third kappa shape index (κ3) is 3.21. The van der Waals surface area contributed by atoms with Gasteiger partial charge in [-0.3, -0.25) is 23.5 Å². The molecule has 5 aromatic rings. The van der Waals surface area contributed by atoms with Gasteiger partial charge in [0.2, 0.25) is 5.91 Å². The van der Waals surface area contributed by atoms with Crippen LogP contribution in [-0.4, -0.2) is 44.4 Å². The molecule has 0 aliphatic carbocycles. The van der Waals surface area contributed by atoms with E-state index in [1.54, 1.807) is 24.1 Å². The van der Waals surface area contributed by atoms with Gasteiger partial charge in [0.05, 0.1) is 30.3 Å². The summed E-state index contributed by atoms with van der Waals surface area (Å²) in [5.41, 5.74) is 2.41. The number of amides is 1. The molecule has 0 aliphatic heterocycles. The summed E-state index contributed by atoms with van der Waals surface area (Å²) >= 11 is 0. The summed E-state index contributed by atoms with van der Waals surface area (Å²) in [6.07, 6.45) is 9.93. The molecule has 0 spiro atoms. The normalized spacial score (nSPS) is 11.4. The topological polar surface area (TPSA) is 117 Å². The smallest absolute Gasteiger partial charge is 0.264 e. The van der Waals surface area contributed by atoms with Gasteiger partial charge in [0.1, 0.15) is 23.9 Å². The number of nitrogens with zero attached hydrogens (tertiary/aromatic N) is 8. The van der Waals surface area contributed by atoms with Gasteiger partial charge in [-0.15, -0.1) is 0 Å². The molecule has 0 saturated carbocycles. The van der Waals surface area contributed by atoms with Gasteiger partial charge in [-0.2, -0.15) is 10.2 Å². The Kier molecular flexibility index (Phi) is 4.12. The minimum atomic E-state index is -0.352. The molecular formula is C19H17N9O2. The number of carbonyl (C=O) groups is 1. The Morgan fingerprint density at radius 1 is 1.17 bits per heavy atom. The lowest BCUT2D eigenvalue weighted by Gasteiger charge is -2.05. The SMILES string of the molecule is Cn1ncc2c(=O)n(CC(=O)Nc3cnn(Cc4cn5ccccc5n4)c3)cnc21. The second-order valence-electron chi connectivity index (χ2n) is 6.86. The van der Waals surface area contributed by atoms with Crippen LogP contribution in [0.15, 0.2) is 60.3 Å². The summed E-state index contributed by atoms with van der Waals surface area (Å²) in [7, 11) is 1.70. The number of hydrogen-bond acceptors (Lipinski definition) is 6. The van der Waals surface area contributed by atoms with Gasteiger partial charge in [-0.05, 0) is 12.1 Å². The van der Waals surface area contributed by atoms with Crippen molar-refractivity contribution in [3.05, 3.63) is 71.6 Å². The van der Waals surface area contributed by atoms with Gasteiger partial charge in [-0.25, -0.2) is 9.97 Å². The van der Waals surface area contributed by atoms with Crippen molar-refractivity contribution in [2.45, 2.75) is 13.1 Å². The van der Waals surface area contributed by atoms with Crippen molar-refractivity contribution < 1.29 is 4.79 Å². The predicted molar refractivity (Wildman–Crippen MR) is 108 cm³/mol. The average Bonchev–Trinajstić information content (AvgIpc) is 3.43. The first-order valence-corrected chi connectivity index (χ1v) is 9.19. The highest BCUT2D eigenvalue weighted by molar-refractivity contribution is 5.90. The zero-order valence-electron chi connectivity index (χ0n) is 16.0. The second-order valence-corrected chi connectivity index (χ2v) is 6.86. The van der Waals surface area contributed by atoms with Gasteiger partial charge < -0.3 is 9.72 Å². The van der Waals surface area contributed by atoms with Crippen LogP contribution in [0.25, 0.3) is 16.7 Å². The zero-order chi connectivity index (χ0) is 20.7. The van der Waals surface area contributed by atoms with E-state index in [1.165, 1.54) is 21.8 Å². The number of fused-ring (bicyclic) bond motifs is 2. The first-order chi connectivity index (χ1) is 14.6. The first kappa shape index (κ1) is 17.8. The number of aromatic nitrogens is 8. The summed E-state index contributed by atoms with van der Waals surface area (Å²) in [6, 6.07) is 5.80. The zero-order valence-corrected chi connectivity index (χ0v) is 16.0. The molecule has 5 aromatic heterocycles. The number of pyridine rings is 1. The highest BCUT2D eigenvalue weighted by atomic mass is 16.2. The average molecular weight is 403 g/mol. The maximum Gasteiger partial charge on any atom is 0.264 e. The van der Waals surface area contributed by atoms with Crippen molar-refractivity contribution >= 4 is 28.3 Å². The Morgan fingerprint density at radius 3 is 2.93 bits per heavy atom. The maximum absolute atomic E-state index is 12.5. The van der Waals surface area contributed by atoms with Crippen LogP contribution in [0.1, 0.15) is 5.69 Å². The molecule has 5 heterocycles. The van der Waals surface area contributed by atoms with Crippen molar-refractivity contribution in [1.82, 2.24) is 38.5 Å². The minimum Gasteiger partial charge on any atom is -0.322 e. The van der Waals surface area contributed by atoms with Crippen molar-refractivity contribution in [3.63, 3.8) is 0 Å². The fraction of sp³-hybridized carbons (Fsp3) is 0.158. The van der Waals surface area contributed by atoms with Crippen LogP contribution < -0.4 is 10.9 Å². The fourth-order valence-corrected chi connectivity index (χ4v) is 3.28. The van der Waals surface area contributed by atoms with E-state index in [0.717, 1.165) is 11.3 Å². The number of imidazole rings is 1. The van der Waals surface area contributed by atoms with Gasteiger partial charge in [0.15, 0.2) is 5.65 Å². The van der Waals surface area contributed by atoms with Gasteiger partial charge >= 0.3 is 0 Å². The van der Waals surface area contributed by atoms with Crippen LogP contribution in [0.2, 0.25) is 0 Å². The Morgan fingerprint density at radius 2 is 2.07 bits per heavy atom. The van der Waals surface area contributed by atoms with E-state index in [4.69, 9.17) is 0 Å². The molecule has 0 saturated heterocycles. The van der Waals surface area contributed by atoms with Crippen molar-refractivity contribution in [3.8, 4) is 0 Å². The molecule has 1 amide bonds. The summed E-state index contributed by atoms with van der Waals surface area (Å²) < 4.78 is 6.39. The molecule has 150 valence electrons. The lowest BCUT2D eigenvalue weighted by atomic mass is 10.4. The van der Waals surface area contributed by atoms with E-state index in [-0.39, 0.29) is 18.0 Å². The standard InChI is InChI=1S/C19H17N9O2/c1-25-18-15(7-21-25)19(30)27(12-20-18)11-17(29)24-13-6-22-28(9-13)10-14-8-26-5-3-2-4-16(26)23-14/h2-9,12H,10-11H2,1H3,(H,24,29). The van der Waals surface area contributed by atoms with Crippen molar-refractivity contribution in [1.29, 1.82) is 0 Å². The second kappa shape index (κ2) is 6.95. The highest BCUT2D eigenvalue weighted by Crippen LogP contribution is 2.10. The van der Waals surface area contributed by atoms with Crippen molar-refractivity contribution in [2.75, 3.05) is 5.32 Å². The Balaban J connectivity index is 1.27.